The van der Waals surface area contributed by atoms with Gasteiger partial charge < -0.3 is 4.42 Å². The summed E-state index contributed by atoms with van der Waals surface area (Å²) in [6.45, 7) is 7.26. The monoisotopic (exact) mass is 262 g/mol. The van der Waals surface area contributed by atoms with Gasteiger partial charge in [-0.05, 0) is 19.8 Å². The topological polar surface area (TPSA) is 56.7 Å². The van der Waals surface area contributed by atoms with E-state index in [9.17, 15) is 0 Å². The van der Waals surface area contributed by atoms with E-state index in [1.165, 1.54) is 0 Å². The molecule has 2 aromatic heterocycles. The van der Waals surface area contributed by atoms with Gasteiger partial charge in [-0.2, -0.15) is 5.10 Å². The van der Waals surface area contributed by atoms with E-state index in [1.54, 1.807) is 6.20 Å². The van der Waals surface area contributed by atoms with E-state index in [0.29, 0.717) is 11.8 Å². The first-order valence-electron chi connectivity index (χ1n) is 7.14. The van der Waals surface area contributed by atoms with Crippen LogP contribution in [0.15, 0.2) is 16.8 Å². The van der Waals surface area contributed by atoms with Crippen molar-refractivity contribution in [3.63, 3.8) is 0 Å². The summed E-state index contributed by atoms with van der Waals surface area (Å²) in [5.41, 5.74) is 0.896. The molecule has 0 aliphatic carbocycles. The lowest BCUT2D eigenvalue weighted by atomic mass is 9.98. The smallest absolute Gasteiger partial charge is 0.250 e. The molecule has 0 spiro atoms. The van der Waals surface area contributed by atoms with E-state index in [1.807, 2.05) is 10.9 Å². The lowest BCUT2D eigenvalue weighted by Crippen LogP contribution is -1.98. The highest BCUT2D eigenvalue weighted by molar-refractivity contribution is 5.49. The molecule has 0 amide bonds. The van der Waals surface area contributed by atoms with Crippen molar-refractivity contribution in [3.8, 4) is 11.5 Å². The van der Waals surface area contributed by atoms with Gasteiger partial charge in [0.05, 0.1) is 11.8 Å². The molecule has 0 saturated carbocycles. The van der Waals surface area contributed by atoms with E-state index in [-0.39, 0.29) is 0 Å². The summed E-state index contributed by atoms with van der Waals surface area (Å²) in [5, 5.41) is 12.6. The van der Waals surface area contributed by atoms with E-state index >= 15 is 0 Å². The summed E-state index contributed by atoms with van der Waals surface area (Å²) >= 11 is 0. The molecule has 0 saturated heterocycles. The second-order valence-electron chi connectivity index (χ2n) is 4.80. The molecule has 0 unspecified atom stereocenters. The Morgan fingerprint density at radius 1 is 1.16 bits per heavy atom. The summed E-state index contributed by atoms with van der Waals surface area (Å²) in [6, 6.07) is 0. The lowest BCUT2D eigenvalue weighted by Gasteiger charge is -2.09. The second kappa shape index (κ2) is 6.50. The summed E-state index contributed by atoms with van der Waals surface area (Å²) in [7, 11) is 0. The molecule has 19 heavy (non-hydrogen) atoms. The quantitative estimate of drug-likeness (QED) is 0.764. The van der Waals surface area contributed by atoms with Crippen molar-refractivity contribution >= 4 is 0 Å². The average molecular weight is 262 g/mol. The first kappa shape index (κ1) is 13.8. The van der Waals surface area contributed by atoms with Crippen molar-refractivity contribution in [2.24, 2.45) is 0 Å². The molecule has 0 aromatic carbocycles. The highest BCUT2D eigenvalue weighted by Crippen LogP contribution is 2.27. The molecule has 0 fully saturated rings. The van der Waals surface area contributed by atoms with Crippen LogP contribution in [0.5, 0.6) is 0 Å². The first-order valence-corrected chi connectivity index (χ1v) is 7.14. The van der Waals surface area contributed by atoms with Crippen molar-refractivity contribution < 1.29 is 4.42 Å². The Hall–Kier alpha value is -1.65. The van der Waals surface area contributed by atoms with Gasteiger partial charge in [-0.15, -0.1) is 10.2 Å². The minimum absolute atomic E-state index is 0.387. The number of hydrogen-bond acceptors (Lipinski definition) is 4. The summed E-state index contributed by atoms with van der Waals surface area (Å²) in [4.78, 5) is 0. The molecule has 0 bridgehead atoms. The van der Waals surface area contributed by atoms with Gasteiger partial charge in [0, 0.05) is 18.7 Å². The van der Waals surface area contributed by atoms with Crippen LogP contribution in [-0.2, 0) is 6.54 Å². The number of nitrogens with zero attached hydrogens (tertiary/aromatic N) is 4. The minimum atomic E-state index is 0.387. The van der Waals surface area contributed by atoms with Crippen LogP contribution in [0, 0.1) is 0 Å². The van der Waals surface area contributed by atoms with Gasteiger partial charge in [0.2, 0.25) is 5.89 Å². The maximum Gasteiger partial charge on any atom is 0.250 e. The third kappa shape index (κ3) is 3.22. The first-order chi connectivity index (χ1) is 9.28. The third-order valence-electron chi connectivity index (χ3n) is 3.27. The fourth-order valence-electron chi connectivity index (χ4n) is 2.25. The minimum Gasteiger partial charge on any atom is -0.420 e. The van der Waals surface area contributed by atoms with Crippen molar-refractivity contribution in [1.82, 2.24) is 20.0 Å². The molecule has 2 aromatic rings. The predicted octanol–water partition coefficient (Wildman–Crippen LogP) is 3.64. The summed E-state index contributed by atoms with van der Waals surface area (Å²) < 4.78 is 7.68. The third-order valence-corrected chi connectivity index (χ3v) is 3.27. The maximum absolute atomic E-state index is 5.82. The Kier molecular flexibility index (Phi) is 4.71. The van der Waals surface area contributed by atoms with E-state index in [0.717, 1.165) is 43.7 Å². The number of hydrogen-bond donors (Lipinski definition) is 0. The molecule has 0 N–H and O–H groups in total. The summed E-state index contributed by atoms with van der Waals surface area (Å²) in [6.07, 6.45) is 8.18. The number of rotatable bonds is 7. The molecule has 0 aliphatic rings. The van der Waals surface area contributed by atoms with Crippen LogP contribution in [0.2, 0.25) is 0 Å². The Bertz CT molecular complexity index is 497. The molecular weight excluding hydrogens is 240 g/mol. The molecule has 0 radical (unpaired) electrons. The van der Waals surface area contributed by atoms with Crippen molar-refractivity contribution in [3.05, 3.63) is 18.3 Å². The van der Waals surface area contributed by atoms with Crippen molar-refractivity contribution in [2.45, 2.75) is 58.9 Å². The van der Waals surface area contributed by atoms with Crippen LogP contribution in [0.3, 0.4) is 0 Å². The van der Waals surface area contributed by atoms with Crippen LogP contribution in [-0.4, -0.2) is 20.0 Å². The largest absolute Gasteiger partial charge is 0.420 e. The van der Waals surface area contributed by atoms with E-state index in [4.69, 9.17) is 4.42 Å². The maximum atomic E-state index is 5.82. The standard InChI is InChI=1S/C14H22N4O/c1-4-7-11(8-5-2)13-16-17-14(19-13)12-9-15-18(6-3)10-12/h9-11H,4-8H2,1-3H3. The number of aromatic nitrogens is 4. The highest BCUT2D eigenvalue weighted by atomic mass is 16.4. The zero-order chi connectivity index (χ0) is 13.7. The average Bonchev–Trinajstić information content (AvgIpc) is 3.07. The molecule has 104 valence electrons. The Morgan fingerprint density at radius 2 is 1.89 bits per heavy atom. The second-order valence-corrected chi connectivity index (χ2v) is 4.80. The molecular formula is C14H22N4O. The number of aryl methyl sites for hydroxylation is 1. The van der Waals surface area contributed by atoms with Crippen molar-refractivity contribution in [2.75, 3.05) is 0 Å². The van der Waals surface area contributed by atoms with Crippen molar-refractivity contribution in [1.29, 1.82) is 0 Å². The Morgan fingerprint density at radius 3 is 2.47 bits per heavy atom. The zero-order valence-electron chi connectivity index (χ0n) is 12.0. The van der Waals surface area contributed by atoms with Gasteiger partial charge in [-0.1, -0.05) is 26.7 Å². The van der Waals surface area contributed by atoms with Crippen LogP contribution in [0.1, 0.15) is 58.3 Å². The predicted molar refractivity (Wildman–Crippen MR) is 73.8 cm³/mol. The molecule has 2 heterocycles. The van der Waals surface area contributed by atoms with Crippen LogP contribution < -0.4 is 0 Å². The van der Waals surface area contributed by atoms with Gasteiger partial charge in [0.1, 0.15) is 0 Å². The van der Waals surface area contributed by atoms with E-state index < -0.39 is 0 Å². The summed E-state index contributed by atoms with van der Waals surface area (Å²) in [5.74, 6) is 1.73. The highest BCUT2D eigenvalue weighted by Gasteiger charge is 2.18. The molecule has 2 rings (SSSR count). The van der Waals surface area contributed by atoms with Gasteiger partial charge >= 0.3 is 0 Å². The fourth-order valence-corrected chi connectivity index (χ4v) is 2.25. The van der Waals surface area contributed by atoms with Crippen LogP contribution >= 0.6 is 0 Å². The van der Waals surface area contributed by atoms with Gasteiger partial charge in [-0.25, -0.2) is 0 Å². The Labute approximate surface area is 114 Å². The normalized spacial score (nSPS) is 11.4. The van der Waals surface area contributed by atoms with Gasteiger partial charge in [0.15, 0.2) is 0 Å². The lowest BCUT2D eigenvalue weighted by molar-refractivity contribution is 0.417. The Balaban J connectivity index is 2.16. The van der Waals surface area contributed by atoms with E-state index in [2.05, 4.69) is 36.1 Å². The van der Waals surface area contributed by atoms with Gasteiger partial charge in [-0.3, -0.25) is 4.68 Å². The molecule has 0 aliphatic heterocycles. The van der Waals surface area contributed by atoms with Gasteiger partial charge in [0.25, 0.3) is 5.89 Å². The fraction of sp³-hybridized carbons (Fsp3) is 0.643. The molecule has 0 atom stereocenters. The van der Waals surface area contributed by atoms with Crippen LogP contribution in [0.4, 0.5) is 0 Å². The zero-order valence-corrected chi connectivity index (χ0v) is 12.0. The van der Waals surface area contributed by atoms with Crippen LogP contribution in [0.25, 0.3) is 11.5 Å². The molecule has 5 nitrogen and oxygen atoms in total. The SMILES string of the molecule is CCCC(CCC)c1nnc(-c2cnn(CC)c2)o1. The molecule has 5 heteroatoms.